The van der Waals surface area contributed by atoms with Gasteiger partial charge in [-0.15, -0.1) is 5.10 Å². The highest BCUT2D eigenvalue weighted by atomic mass is 16.6. The van der Waals surface area contributed by atoms with E-state index in [-0.39, 0.29) is 48.6 Å². The van der Waals surface area contributed by atoms with Gasteiger partial charge in [0.1, 0.15) is 29.3 Å². The number of ether oxygens (including phenoxy) is 2. The number of nitrogens with one attached hydrogen (secondary N) is 4. The third-order valence-corrected chi connectivity index (χ3v) is 6.50. The van der Waals surface area contributed by atoms with Crippen molar-refractivity contribution in [1.82, 2.24) is 24.2 Å². The summed E-state index contributed by atoms with van der Waals surface area (Å²) in [6, 6.07) is 4.51. The number of anilines is 2. The van der Waals surface area contributed by atoms with E-state index < -0.39 is 23.4 Å². The minimum absolute atomic E-state index is 0.0290. The van der Waals surface area contributed by atoms with Crippen molar-refractivity contribution in [2.75, 3.05) is 23.8 Å². The third kappa shape index (κ3) is 6.68. The van der Waals surface area contributed by atoms with E-state index in [1.54, 1.807) is 49.6 Å². The van der Waals surface area contributed by atoms with Gasteiger partial charge in [-0.2, -0.15) is 0 Å². The van der Waals surface area contributed by atoms with E-state index >= 15 is 0 Å². The van der Waals surface area contributed by atoms with Gasteiger partial charge in [-0.3, -0.25) is 24.5 Å². The maximum absolute atomic E-state index is 13.0. The fourth-order valence-electron chi connectivity index (χ4n) is 4.40. The molecule has 3 aromatic rings. The maximum Gasteiger partial charge on any atom is 0.334 e. The summed E-state index contributed by atoms with van der Waals surface area (Å²) in [7, 11) is 4.91. The molecule has 15 nitrogen and oxygen atoms in total. The molecule has 0 aromatic carbocycles. The normalized spacial score (nSPS) is 16.2. The summed E-state index contributed by atoms with van der Waals surface area (Å²) < 4.78 is 15.5. The van der Waals surface area contributed by atoms with Crippen LogP contribution in [0.25, 0.3) is 0 Å². The van der Waals surface area contributed by atoms with Gasteiger partial charge in [-0.25, -0.2) is 4.79 Å². The number of rotatable bonds is 11. The van der Waals surface area contributed by atoms with E-state index in [0.29, 0.717) is 29.1 Å². The number of amidine groups is 1. The number of aromatic nitrogens is 4. The minimum Gasteiger partial charge on any atom is -0.472 e. The van der Waals surface area contributed by atoms with Gasteiger partial charge >= 0.3 is 5.97 Å². The van der Waals surface area contributed by atoms with Crippen molar-refractivity contribution >= 4 is 40.9 Å². The van der Waals surface area contributed by atoms with E-state index in [0.717, 1.165) is 0 Å². The summed E-state index contributed by atoms with van der Waals surface area (Å²) in [5, 5.41) is 19.6. The Labute approximate surface area is 241 Å². The van der Waals surface area contributed by atoms with Gasteiger partial charge in [-0.1, -0.05) is 6.58 Å². The Morgan fingerprint density at radius 2 is 1.62 bits per heavy atom. The van der Waals surface area contributed by atoms with Crippen molar-refractivity contribution < 1.29 is 28.7 Å². The monoisotopic (exact) mass is 579 g/mol. The van der Waals surface area contributed by atoms with E-state index in [1.807, 2.05) is 0 Å². The standard InChI is InChI=1S/C27H33N9O6/c1-15-11-27(2,42-26(15)40)14-41-22-10-20(36(5)33-22)25(39)32-17-9-19(35(4)13-17)24(38)31-16-8-18(34(3)12-16)23(37)30-7-6-21(28)29/h8-10,12-13H,1,6-7,11,14H2,2-5H3,(H3,28,29)(H,30,37)(H,31,38)(H,32,39). The lowest BCUT2D eigenvalue weighted by Gasteiger charge is -2.21. The van der Waals surface area contributed by atoms with Crippen molar-refractivity contribution in [2.24, 2.45) is 26.9 Å². The number of esters is 1. The second kappa shape index (κ2) is 11.6. The van der Waals surface area contributed by atoms with Crippen molar-refractivity contribution in [2.45, 2.75) is 25.4 Å². The van der Waals surface area contributed by atoms with Crippen LogP contribution in [-0.2, 0) is 30.7 Å². The first-order valence-electron chi connectivity index (χ1n) is 12.9. The molecule has 0 saturated carbocycles. The van der Waals surface area contributed by atoms with E-state index in [9.17, 15) is 19.2 Å². The van der Waals surface area contributed by atoms with Crippen LogP contribution in [0.1, 0.15) is 51.2 Å². The van der Waals surface area contributed by atoms with Crippen LogP contribution >= 0.6 is 0 Å². The molecule has 6 N–H and O–H groups in total. The Bertz CT molecular complexity index is 1580. The number of carbonyl (C=O) groups is 4. The fraction of sp³-hybridized carbons (Fsp3) is 0.333. The van der Waals surface area contributed by atoms with Crippen molar-refractivity contribution in [3.05, 3.63) is 59.8 Å². The topological polar surface area (TPSA) is 200 Å². The van der Waals surface area contributed by atoms with E-state index in [2.05, 4.69) is 27.6 Å². The molecule has 4 rings (SSSR count). The second-order valence-electron chi connectivity index (χ2n) is 10.3. The van der Waals surface area contributed by atoms with Gasteiger partial charge in [0.05, 0.1) is 17.2 Å². The fourth-order valence-corrected chi connectivity index (χ4v) is 4.40. The predicted molar refractivity (Wildman–Crippen MR) is 153 cm³/mol. The molecular formula is C27H33N9O6. The molecule has 1 fully saturated rings. The molecule has 1 unspecified atom stereocenters. The number of hydrogen-bond donors (Lipinski definition) is 5. The van der Waals surface area contributed by atoms with Gasteiger partial charge < -0.3 is 40.3 Å². The quantitative estimate of drug-likeness (QED) is 0.0968. The first-order chi connectivity index (χ1) is 19.7. The zero-order chi connectivity index (χ0) is 30.8. The number of aryl methyl sites for hydroxylation is 3. The number of nitrogens with zero attached hydrogens (tertiary/aromatic N) is 4. The zero-order valence-corrected chi connectivity index (χ0v) is 23.7. The Hall–Kier alpha value is -5.34. The predicted octanol–water partition coefficient (Wildman–Crippen LogP) is 1.30. The van der Waals surface area contributed by atoms with Gasteiger partial charge in [0, 0.05) is 64.6 Å². The summed E-state index contributed by atoms with van der Waals surface area (Å²) in [5.74, 6) is -1.61. The van der Waals surface area contributed by atoms with Crippen LogP contribution in [0.5, 0.6) is 5.88 Å². The summed E-state index contributed by atoms with van der Waals surface area (Å²) in [4.78, 5) is 50.1. The SMILES string of the molecule is C=C1CC(C)(COc2cc(C(=O)Nc3cc(C(=O)Nc4cc(C(=O)NCCC(=N)N)n(C)c4)n(C)c3)n(C)n2)OC1=O. The van der Waals surface area contributed by atoms with Crippen LogP contribution < -0.4 is 26.4 Å². The Morgan fingerprint density at radius 3 is 2.17 bits per heavy atom. The first kappa shape index (κ1) is 29.6. The average Bonchev–Trinajstić information content (AvgIpc) is 3.63. The van der Waals surface area contributed by atoms with E-state index in [4.69, 9.17) is 20.6 Å². The Balaban J connectivity index is 1.36. The highest BCUT2D eigenvalue weighted by Crippen LogP contribution is 2.30. The van der Waals surface area contributed by atoms with Crippen LogP contribution in [0.4, 0.5) is 11.4 Å². The summed E-state index contributed by atoms with van der Waals surface area (Å²) in [6.45, 7) is 5.67. The molecule has 1 aliphatic rings. The van der Waals surface area contributed by atoms with Gasteiger partial charge in [-0.05, 0) is 19.1 Å². The molecule has 3 aromatic heterocycles. The lowest BCUT2D eigenvalue weighted by atomic mass is 10.0. The molecule has 0 aliphatic carbocycles. The lowest BCUT2D eigenvalue weighted by molar-refractivity contribution is -0.147. The highest BCUT2D eigenvalue weighted by Gasteiger charge is 2.39. The molecule has 0 radical (unpaired) electrons. The van der Waals surface area contributed by atoms with Crippen LogP contribution in [-0.4, -0.2) is 67.2 Å². The number of nitrogens with two attached hydrogens (primary N) is 1. The molecule has 15 heteroatoms. The van der Waals surface area contributed by atoms with Crippen LogP contribution in [0.2, 0.25) is 0 Å². The molecule has 0 spiro atoms. The van der Waals surface area contributed by atoms with Gasteiger partial charge in [0.15, 0.2) is 0 Å². The largest absolute Gasteiger partial charge is 0.472 e. The average molecular weight is 580 g/mol. The molecule has 1 saturated heterocycles. The van der Waals surface area contributed by atoms with Crippen molar-refractivity contribution in [3.63, 3.8) is 0 Å². The lowest BCUT2D eigenvalue weighted by Crippen LogP contribution is -2.32. The number of hydrogen-bond acceptors (Lipinski definition) is 8. The number of amides is 3. The highest BCUT2D eigenvalue weighted by molar-refractivity contribution is 6.07. The second-order valence-corrected chi connectivity index (χ2v) is 10.3. The summed E-state index contributed by atoms with van der Waals surface area (Å²) in [5.41, 5.74) is 6.38. The maximum atomic E-state index is 13.0. The summed E-state index contributed by atoms with van der Waals surface area (Å²) in [6.07, 6.45) is 3.75. The zero-order valence-electron chi connectivity index (χ0n) is 23.7. The Morgan fingerprint density at radius 1 is 1.05 bits per heavy atom. The number of carbonyl (C=O) groups excluding carboxylic acids is 4. The number of cyclic esters (lactones) is 1. The minimum atomic E-state index is -0.862. The van der Waals surface area contributed by atoms with Crippen LogP contribution in [0.15, 0.2) is 42.7 Å². The van der Waals surface area contributed by atoms with Crippen molar-refractivity contribution in [3.8, 4) is 5.88 Å². The molecular weight excluding hydrogens is 546 g/mol. The summed E-state index contributed by atoms with van der Waals surface area (Å²) >= 11 is 0. The molecule has 42 heavy (non-hydrogen) atoms. The molecule has 0 bridgehead atoms. The molecule has 222 valence electrons. The molecule has 3 amide bonds. The van der Waals surface area contributed by atoms with Crippen LogP contribution in [0, 0.1) is 5.41 Å². The van der Waals surface area contributed by atoms with Crippen LogP contribution in [0.3, 0.4) is 0 Å². The first-order valence-corrected chi connectivity index (χ1v) is 12.9. The van der Waals surface area contributed by atoms with Gasteiger partial charge in [0.2, 0.25) is 5.88 Å². The molecule has 4 heterocycles. The smallest absolute Gasteiger partial charge is 0.334 e. The van der Waals surface area contributed by atoms with Crippen molar-refractivity contribution in [1.29, 1.82) is 5.41 Å². The molecule has 1 atom stereocenters. The third-order valence-electron chi connectivity index (χ3n) is 6.50. The van der Waals surface area contributed by atoms with E-state index in [1.165, 1.54) is 22.9 Å². The van der Waals surface area contributed by atoms with Gasteiger partial charge in [0.25, 0.3) is 17.7 Å². The molecule has 1 aliphatic heterocycles. The Kier molecular flexibility index (Phi) is 8.22.